The van der Waals surface area contributed by atoms with Gasteiger partial charge in [0.15, 0.2) is 11.3 Å². The van der Waals surface area contributed by atoms with Gasteiger partial charge in [-0.1, -0.05) is 0 Å². The summed E-state index contributed by atoms with van der Waals surface area (Å²) in [6, 6.07) is 5.89. The third kappa shape index (κ3) is 5.26. The van der Waals surface area contributed by atoms with Crippen molar-refractivity contribution in [1.82, 2.24) is 24.9 Å². The lowest BCUT2D eigenvalue weighted by molar-refractivity contribution is 0.102. The maximum atomic E-state index is 13.4. The summed E-state index contributed by atoms with van der Waals surface area (Å²) in [6.07, 6.45) is 9.22. The summed E-state index contributed by atoms with van der Waals surface area (Å²) in [7, 11) is 0. The molecule has 1 amide bonds. The molecular formula is C23H30FN9O. The van der Waals surface area contributed by atoms with Crippen molar-refractivity contribution < 1.29 is 9.18 Å². The molecule has 2 fully saturated rings. The van der Waals surface area contributed by atoms with Crippen LogP contribution in [0.15, 0.2) is 30.6 Å². The van der Waals surface area contributed by atoms with Gasteiger partial charge >= 0.3 is 0 Å². The molecule has 2 aliphatic carbocycles. The first-order chi connectivity index (χ1) is 16.6. The highest BCUT2D eigenvalue weighted by Crippen LogP contribution is 2.30. The van der Waals surface area contributed by atoms with Crippen molar-refractivity contribution >= 4 is 28.7 Å². The fourth-order valence-corrected chi connectivity index (χ4v) is 4.36. The second-order valence-electron chi connectivity index (χ2n) is 9.00. The fraction of sp³-hybridized carbons (Fsp3) is 0.478. The Kier molecular flexibility index (Phi) is 6.54. The number of nitrogens with two attached hydrogens (primary N) is 1. The molecule has 6 N–H and O–H groups in total. The van der Waals surface area contributed by atoms with E-state index in [-0.39, 0.29) is 5.69 Å². The SMILES string of the molecule is NCCN[C@H]1CC[C@H](Nc2cc(NC3CC3)c3ncc(C(=O)Nc4ccnc(F)c4)n3n2)CC1. The quantitative estimate of drug-likeness (QED) is 0.303. The van der Waals surface area contributed by atoms with Gasteiger partial charge in [0.1, 0.15) is 5.82 Å². The van der Waals surface area contributed by atoms with E-state index in [9.17, 15) is 9.18 Å². The Bertz CT molecular complexity index is 1150. The lowest BCUT2D eigenvalue weighted by atomic mass is 9.91. The smallest absolute Gasteiger partial charge is 0.276 e. The number of fused-ring (bicyclic) bond motifs is 1. The second kappa shape index (κ2) is 9.90. The van der Waals surface area contributed by atoms with Gasteiger partial charge < -0.3 is 27.0 Å². The lowest BCUT2D eigenvalue weighted by Crippen LogP contribution is -2.39. The average Bonchev–Trinajstić information content (AvgIpc) is 3.54. The van der Waals surface area contributed by atoms with Gasteiger partial charge in [0, 0.05) is 55.2 Å². The molecule has 0 atom stereocenters. The minimum atomic E-state index is -0.663. The number of rotatable bonds is 9. The van der Waals surface area contributed by atoms with E-state index in [4.69, 9.17) is 10.8 Å². The summed E-state index contributed by atoms with van der Waals surface area (Å²) < 4.78 is 15.0. The van der Waals surface area contributed by atoms with Crippen LogP contribution in [0.1, 0.15) is 49.0 Å². The van der Waals surface area contributed by atoms with Gasteiger partial charge in [0.2, 0.25) is 5.95 Å². The fourth-order valence-electron chi connectivity index (χ4n) is 4.36. The Morgan fingerprint density at radius 2 is 1.79 bits per heavy atom. The summed E-state index contributed by atoms with van der Waals surface area (Å²) >= 11 is 0. The van der Waals surface area contributed by atoms with Crippen LogP contribution in [0.2, 0.25) is 0 Å². The summed E-state index contributed by atoms with van der Waals surface area (Å²) in [5.41, 5.74) is 7.61. The molecule has 0 saturated heterocycles. The van der Waals surface area contributed by atoms with Crippen molar-refractivity contribution in [3.8, 4) is 0 Å². The normalized spacial score (nSPS) is 20.3. The number of aromatic nitrogens is 4. The lowest BCUT2D eigenvalue weighted by Gasteiger charge is -2.30. The van der Waals surface area contributed by atoms with Crippen LogP contribution in [0, 0.1) is 5.95 Å². The Morgan fingerprint density at radius 1 is 1.06 bits per heavy atom. The maximum Gasteiger partial charge on any atom is 0.276 e. The number of imidazole rings is 1. The molecule has 180 valence electrons. The average molecular weight is 468 g/mol. The molecule has 2 aliphatic rings. The van der Waals surface area contributed by atoms with Crippen LogP contribution >= 0.6 is 0 Å². The Hall–Kier alpha value is -3.31. The van der Waals surface area contributed by atoms with Crippen molar-refractivity contribution in [2.75, 3.05) is 29.0 Å². The molecule has 0 aliphatic heterocycles. The molecule has 3 aromatic heterocycles. The van der Waals surface area contributed by atoms with Gasteiger partial charge in [-0.05, 0) is 44.6 Å². The van der Waals surface area contributed by atoms with Crippen LogP contribution in [-0.4, -0.2) is 56.7 Å². The molecule has 2 saturated carbocycles. The molecule has 5 rings (SSSR count). The number of hydrogen-bond acceptors (Lipinski definition) is 8. The molecular weight excluding hydrogens is 437 g/mol. The number of amides is 1. The third-order valence-electron chi connectivity index (χ3n) is 6.28. The highest BCUT2D eigenvalue weighted by Gasteiger charge is 2.25. The zero-order valence-corrected chi connectivity index (χ0v) is 18.9. The van der Waals surface area contributed by atoms with E-state index in [2.05, 4.69) is 31.2 Å². The maximum absolute atomic E-state index is 13.4. The molecule has 0 spiro atoms. The molecule has 10 nitrogen and oxygen atoms in total. The Labute approximate surface area is 196 Å². The molecule has 0 radical (unpaired) electrons. The van der Waals surface area contributed by atoms with Crippen LogP contribution in [0.3, 0.4) is 0 Å². The standard InChI is InChI=1S/C23H30FN9O/c24-20-11-17(7-9-27-20)31-23(34)19-13-28-22-18(29-15-5-6-15)12-21(32-33(19)22)30-16-3-1-14(2-4-16)26-10-8-25/h7,9,11-16,26,29H,1-6,8,10,25H2,(H,30,32)(H,27,31,34)/t14-,16-. The van der Waals surface area contributed by atoms with Gasteiger partial charge in [-0.15, -0.1) is 5.10 Å². The minimum Gasteiger partial charge on any atom is -0.379 e. The van der Waals surface area contributed by atoms with Gasteiger partial charge in [-0.3, -0.25) is 4.79 Å². The van der Waals surface area contributed by atoms with E-state index in [1.54, 1.807) is 4.52 Å². The van der Waals surface area contributed by atoms with E-state index in [1.165, 1.54) is 24.5 Å². The van der Waals surface area contributed by atoms with Crippen LogP contribution in [0.5, 0.6) is 0 Å². The van der Waals surface area contributed by atoms with Crippen LogP contribution < -0.4 is 27.0 Å². The van der Waals surface area contributed by atoms with Gasteiger partial charge in [-0.2, -0.15) is 4.39 Å². The predicted molar refractivity (Wildman–Crippen MR) is 129 cm³/mol. The zero-order chi connectivity index (χ0) is 23.5. The largest absolute Gasteiger partial charge is 0.379 e. The number of pyridine rings is 1. The molecule has 0 bridgehead atoms. The molecule has 3 aromatic rings. The summed E-state index contributed by atoms with van der Waals surface area (Å²) in [5.74, 6) is -0.396. The van der Waals surface area contributed by atoms with Crippen LogP contribution in [-0.2, 0) is 0 Å². The highest BCUT2D eigenvalue weighted by atomic mass is 19.1. The van der Waals surface area contributed by atoms with E-state index in [0.29, 0.717) is 41.8 Å². The van der Waals surface area contributed by atoms with Crippen LogP contribution in [0.4, 0.5) is 21.6 Å². The number of nitrogens with zero attached hydrogens (tertiary/aromatic N) is 4. The van der Waals surface area contributed by atoms with Crippen molar-refractivity contribution in [2.45, 2.75) is 56.7 Å². The van der Waals surface area contributed by atoms with Gasteiger partial charge in [0.05, 0.1) is 11.9 Å². The molecule has 3 heterocycles. The van der Waals surface area contributed by atoms with Crippen molar-refractivity contribution in [3.63, 3.8) is 0 Å². The molecule has 11 heteroatoms. The molecule has 0 aromatic carbocycles. The summed E-state index contributed by atoms with van der Waals surface area (Å²) in [5, 5.41) is 17.9. The minimum absolute atomic E-state index is 0.268. The van der Waals surface area contributed by atoms with E-state index < -0.39 is 11.9 Å². The van der Waals surface area contributed by atoms with Crippen molar-refractivity contribution in [2.24, 2.45) is 5.73 Å². The summed E-state index contributed by atoms with van der Waals surface area (Å²) in [4.78, 5) is 20.9. The monoisotopic (exact) mass is 467 g/mol. The van der Waals surface area contributed by atoms with Crippen molar-refractivity contribution in [3.05, 3.63) is 42.2 Å². The van der Waals surface area contributed by atoms with E-state index >= 15 is 0 Å². The molecule has 34 heavy (non-hydrogen) atoms. The first kappa shape index (κ1) is 22.5. The second-order valence-corrected chi connectivity index (χ2v) is 9.00. The predicted octanol–water partition coefficient (Wildman–Crippen LogP) is 2.36. The number of halogens is 1. The van der Waals surface area contributed by atoms with Crippen LogP contribution in [0.25, 0.3) is 5.65 Å². The first-order valence-corrected chi connectivity index (χ1v) is 11.9. The van der Waals surface area contributed by atoms with E-state index in [0.717, 1.165) is 50.8 Å². The molecule has 0 unspecified atom stereocenters. The van der Waals surface area contributed by atoms with E-state index in [1.807, 2.05) is 6.07 Å². The Balaban J connectivity index is 1.36. The number of nitrogens with one attached hydrogen (secondary N) is 4. The summed E-state index contributed by atoms with van der Waals surface area (Å²) in [6.45, 7) is 1.49. The van der Waals surface area contributed by atoms with Gasteiger partial charge in [0.25, 0.3) is 5.91 Å². The Morgan fingerprint density at radius 3 is 2.53 bits per heavy atom. The third-order valence-corrected chi connectivity index (χ3v) is 6.28. The first-order valence-electron chi connectivity index (χ1n) is 11.9. The van der Waals surface area contributed by atoms with Gasteiger partial charge in [-0.25, -0.2) is 14.5 Å². The number of carbonyl (C=O) groups excluding carboxylic acids is 1. The number of carbonyl (C=O) groups is 1. The van der Waals surface area contributed by atoms with Crippen molar-refractivity contribution in [1.29, 1.82) is 0 Å². The topological polar surface area (TPSA) is 134 Å². The number of anilines is 3. The number of hydrogen-bond donors (Lipinski definition) is 5. The zero-order valence-electron chi connectivity index (χ0n) is 18.9. The highest BCUT2D eigenvalue weighted by molar-refractivity contribution is 6.03.